The maximum Gasteiger partial charge on any atom is 0.330 e. The number of piperidine rings is 1. The van der Waals surface area contributed by atoms with E-state index in [1.54, 1.807) is 23.9 Å². The second-order valence-corrected chi connectivity index (χ2v) is 11.4. The number of benzene rings is 1. The summed E-state index contributed by atoms with van der Waals surface area (Å²) < 4.78 is 24.5. The van der Waals surface area contributed by atoms with Crippen molar-refractivity contribution in [2.45, 2.75) is 58.6 Å². The number of imidazole rings is 1. The highest BCUT2D eigenvalue weighted by atomic mass is 19.1. The molecule has 38 heavy (non-hydrogen) atoms. The Morgan fingerprint density at radius 2 is 1.84 bits per heavy atom. The summed E-state index contributed by atoms with van der Waals surface area (Å²) >= 11 is 0. The van der Waals surface area contributed by atoms with Gasteiger partial charge in [-0.2, -0.15) is 0 Å². The van der Waals surface area contributed by atoms with Crippen LogP contribution in [-0.2, 0) is 11.8 Å². The van der Waals surface area contributed by atoms with Crippen molar-refractivity contribution >= 4 is 22.1 Å². The van der Waals surface area contributed by atoms with Gasteiger partial charge in [0.05, 0.1) is 23.9 Å². The van der Waals surface area contributed by atoms with Gasteiger partial charge in [0, 0.05) is 48.4 Å². The van der Waals surface area contributed by atoms with E-state index in [1.807, 2.05) is 32.9 Å². The van der Waals surface area contributed by atoms with Crippen molar-refractivity contribution in [1.29, 1.82) is 0 Å². The van der Waals surface area contributed by atoms with Crippen LogP contribution in [0, 0.1) is 11.2 Å². The zero-order valence-corrected chi connectivity index (χ0v) is 22.6. The van der Waals surface area contributed by atoms with Crippen molar-refractivity contribution < 1.29 is 9.13 Å². The molecule has 0 amide bonds. The minimum Gasteiger partial charge on any atom is -0.371 e. The molecule has 1 aromatic carbocycles. The van der Waals surface area contributed by atoms with Crippen molar-refractivity contribution in [1.82, 2.24) is 29.2 Å². The van der Waals surface area contributed by atoms with Gasteiger partial charge >= 0.3 is 5.69 Å². The molecule has 1 aliphatic carbocycles. The van der Waals surface area contributed by atoms with Crippen molar-refractivity contribution in [3.8, 4) is 11.1 Å². The number of hydrogen-bond donors (Lipinski definition) is 0. The number of likely N-dealkylation sites (tertiary alicyclic amines) is 1. The SMILES string of the molecule is CC(C)n1c(=O)n(C)c2nnc3cc(F)c(-c4ccc([C@@H](C)OCCN5CCC6(CC5)CC6)nc4)cc3c21. The van der Waals surface area contributed by atoms with E-state index in [0.29, 0.717) is 45.2 Å². The van der Waals surface area contributed by atoms with Gasteiger partial charge in [-0.25, -0.2) is 9.18 Å². The Balaban J connectivity index is 1.21. The molecule has 1 saturated heterocycles. The highest BCUT2D eigenvalue weighted by molar-refractivity contribution is 6.02. The van der Waals surface area contributed by atoms with Crippen molar-refractivity contribution in [2.75, 3.05) is 26.2 Å². The van der Waals surface area contributed by atoms with Gasteiger partial charge in [0.2, 0.25) is 0 Å². The molecule has 2 aliphatic rings. The normalized spacial score (nSPS) is 18.2. The lowest BCUT2D eigenvalue weighted by Gasteiger charge is -2.32. The third-order valence-electron chi connectivity index (χ3n) is 8.54. The molecule has 1 spiro atoms. The van der Waals surface area contributed by atoms with Crippen LogP contribution >= 0.6 is 0 Å². The van der Waals surface area contributed by atoms with E-state index >= 15 is 4.39 Å². The minimum absolute atomic E-state index is 0.0840. The van der Waals surface area contributed by atoms with Gasteiger partial charge in [-0.1, -0.05) is 6.07 Å². The van der Waals surface area contributed by atoms with Gasteiger partial charge in [0.15, 0.2) is 5.65 Å². The molecule has 6 rings (SSSR count). The van der Waals surface area contributed by atoms with E-state index in [1.165, 1.54) is 49.4 Å². The summed E-state index contributed by atoms with van der Waals surface area (Å²) in [5.41, 5.74) is 3.94. The van der Waals surface area contributed by atoms with Crippen LogP contribution < -0.4 is 5.69 Å². The average molecular weight is 519 g/mol. The number of halogens is 1. The number of hydrogen-bond acceptors (Lipinski definition) is 6. The quantitative estimate of drug-likeness (QED) is 0.342. The molecule has 4 aromatic rings. The number of aryl methyl sites for hydroxylation is 1. The molecule has 1 atom stereocenters. The highest BCUT2D eigenvalue weighted by Crippen LogP contribution is 2.53. The Labute approximate surface area is 221 Å². The number of nitrogens with zero attached hydrogens (tertiary/aromatic N) is 6. The smallest absolute Gasteiger partial charge is 0.330 e. The van der Waals surface area contributed by atoms with Gasteiger partial charge in [0.1, 0.15) is 11.3 Å². The largest absolute Gasteiger partial charge is 0.371 e. The zero-order chi connectivity index (χ0) is 26.6. The van der Waals surface area contributed by atoms with Crippen LogP contribution in [0.3, 0.4) is 0 Å². The Bertz CT molecular complexity index is 1540. The molecule has 1 saturated carbocycles. The highest BCUT2D eigenvalue weighted by Gasteiger charge is 2.44. The number of rotatable bonds is 7. The lowest BCUT2D eigenvalue weighted by molar-refractivity contribution is 0.0372. The average Bonchev–Trinajstić information content (AvgIpc) is 3.61. The molecule has 1 aliphatic heterocycles. The molecular formula is C29H35FN6O2. The lowest BCUT2D eigenvalue weighted by Crippen LogP contribution is -2.36. The van der Waals surface area contributed by atoms with Gasteiger partial charge < -0.3 is 9.64 Å². The Morgan fingerprint density at radius 1 is 1.08 bits per heavy atom. The second-order valence-electron chi connectivity index (χ2n) is 11.4. The van der Waals surface area contributed by atoms with E-state index in [0.717, 1.165) is 12.2 Å². The summed E-state index contributed by atoms with van der Waals surface area (Å²) in [6, 6.07) is 6.82. The fourth-order valence-corrected chi connectivity index (χ4v) is 5.79. The molecule has 200 valence electrons. The standard InChI is InChI=1S/C29H35FN6O2/c1-18(2)36-26-22-15-21(23(30)16-25(22)32-33-27(26)34(4)28(36)37)20-5-6-24(31-17-20)19(3)38-14-13-35-11-9-29(7-8-29)10-12-35/h5-6,15-19H,7-14H2,1-4H3/t19-/m1/s1. The molecule has 4 heterocycles. The maximum atomic E-state index is 15.2. The molecule has 8 nitrogen and oxygen atoms in total. The fourth-order valence-electron chi connectivity index (χ4n) is 5.79. The topological polar surface area (TPSA) is 78.1 Å². The van der Waals surface area contributed by atoms with E-state index in [2.05, 4.69) is 20.1 Å². The first-order valence-corrected chi connectivity index (χ1v) is 13.6. The van der Waals surface area contributed by atoms with E-state index in [4.69, 9.17) is 4.74 Å². The number of ether oxygens (including phenoxy) is 1. The molecule has 3 aromatic heterocycles. The van der Waals surface area contributed by atoms with Crippen molar-refractivity contribution in [3.05, 3.63) is 52.5 Å². The molecule has 2 fully saturated rings. The zero-order valence-electron chi connectivity index (χ0n) is 22.6. The van der Waals surface area contributed by atoms with E-state index in [9.17, 15) is 4.79 Å². The first-order valence-electron chi connectivity index (χ1n) is 13.6. The number of aromatic nitrogens is 5. The summed E-state index contributed by atoms with van der Waals surface area (Å²) in [4.78, 5) is 20.0. The maximum absolute atomic E-state index is 15.2. The molecule has 0 bridgehead atoms. The van der Waals surface area contributed by atoms with Crippen LogP contribution in [0.4, 0.5) is 4.39 Å². The second kappa shape index (κ2) is 9.54. The summed E-state index contributed by atoms with van der Waals surface area (Å²) in [5, 5.41) is 9.08. The summed E-state index contributed by atoms with van der Waals surface area (Å²) in [5.74, 6) is -0.408. The van der Waals surface area contributed by atoms with Gasteiger partial charge in [-0.3, -0.25) is 14.1 Å². The molecular weight excluding hydrogens is 483 g/mol. The third kappa shape index (κ3) is 4.41. The third-order valence-corrected chi connectivity index (χ3v) is 8.54. The molecule has 9 heteroatoms. The van der Waals surface area contributed by atoms with E-state index < -0.39 is 5.82 Å². The molecule has 0 unspecified atom stereocenters. The van der Waals surface area contributed by atoms with Crippen LogP contribution in [-0.4, -0.2) is 55.5 Å². The molecule has 0 N–H and O–H groups in total. The van der Waals surface area contributed by atoms with Crippen molar-refractivity contribution in [2.24, 2.45) is 12.5 Å². The van der Waals surface area contributed by atoms with E-state index in [-0.39, 0.29) is 17.8 Å². The summed E-state index contributed by atoms with van der Waals surface area (Å²) in [6.45, 7) is 9.86. The predicted molar refractivity (Wildman–Crippen MR) is 146 cm³/mol. The van der Waals surface area contributed by atoms with Crippen LogP contribution in [0.2, 0.25) is 0 Å². The Hall–Kier alpha value is -3.17. The van der Waals surface area contributed by atoms with Crippen LogP contribution in [0.5, 0.6) is 0 Å². The van der Waals surface area contributed by atoms with Crippen LogP contribution in [0.25, 0.3) is 33.2 Å². The number of pyridine rings is 1. The first kappa shape index (κ1) is 25.1. The Morgan fingerprint density at radius 3 is 2.50 bits per heavy atom. The fraction of sp³-hybridized carbons (Fsp3) is 0.517. The van der Waals surface area contributed by atoms with Crippen LogP contribution in [0.15, 0.2) is 35.3 Å². The van der Waals surface area contributed by atoms with Crippen LogP contribution in [0.1, 0.15) is 64.3 Å². The predicted octanol–water partition coefficient (Wildman–Crippen LogP) is 5.02. The van der Waals surface area contributed by atoms with Gasteiger partial charge in [0.25, 0.3) is 0 Å². The van der Waals surface area contributed by atoms with Gasteiger partial charge in [-0.05, 0) is 77.1 Å². The van der Waals surface area contributed by atoms with Gasteiger partial charge in [-0.15, -0.1) is 10.2 Å². The monoisotopic (exact) mass is 518 g/mol. The number of fused-ring (bicyclic) bond motifs is 3. The summed E-state index contributed by atoms with van der Waals surface area (Å²) in [7, 11) is 1.68. The summed E-state index contributed by atoms with van der Waals surface area (Å²) in [6.07, 6.45) is 7.03. The first-order chi connectivity index (χ1) is 18.3. The van der Waals surface area contributed by atoms with Crippen molar-refractivity contribution in [3.63, 3.8) is 0 Å². The lowest BCUT2D eigenvalue weighted by atomic mass is 9.94. The minimum atomic E-state index is -0.408. The molecule has 0 radical (unpaired) electrons. The Kier molecular flexibility index (Phi) is 6.31.